The van der Waals surface area contributed by atoms with E-state index in [2.05, 4.69) is 4.72 Å². The number of hydrogen-bond acceptors (Lipinski definition) is 4. The van der Waals surface area contributed by atoms with Crippen molar-refractivity contribution in [3.05, 3.63) is 36.4 Å². The van der Waals surface area contributed by atoms with Crippen LogP contribution in [-0.4, -0.2) is 39.6 Å². The molecule has 0 fully saturated rings. The molecule has 0 radical (unpaired) electrons. The van der Waals surface area contributed by atoms with E-state index in [1.807, 2.05) is 31.1 Å². The number of sulfonamides is 1. The largest absolute Gasteiger partial charge is 0.480 e. The molecule has 0 saturated heterocycles. The molecule has 0 aliphatic heterocycles. The third-order valence-electron chi connectivity index (χ3n) is 3.33. The second kappa shape index (κ2) is 5.94. The van der Waals surface area contributed by atoms with E-state index in [0.29, 0.717) is 5.39 Å². The lowest BCUT2D eigenvalue weighted by Gasteiger charge is -2.17. The van der Waals surface area contributed by atoms with Crippen molar-refractivity contribution in [2.75, 3.05) is 19.0 Å². The molecule has 2 aromatic rings. The number of carboxylic acid groups (broad SMARTS) is 1. The molecule has 2 rings (SSSR count). The predicted octanol–water partition coefficient (Wildman–Crippen LogP) is 1.66. The van der Waals surface area contributed by atoms with E-state index in [1.165, 1.54) is 13.0 Å². The van der Waals surface area contributed by atoms with Gasteiger partial charge in [0.2, 0.25) is 10.0 Å². The van der Waals surface area contributed by atoms with Gasteiger partial charge >= 0.3 is 5.97 Å². The average Bonchev–Trinajstić information content (AvgIpc) is 2.45. The summed E-state index contributed by atoms with van der Waals surface area (Å²) in [5.74, 6) is -1.22. The maximum absolute atomic E-state index is 12.5. The van der Waals surface area contributed by atoms with Crippen molar-refractivity contribution in [2.45, 2.75) is 17.9 Å². The number of carbonyl (C=O) groups is 1. The molecule has 1 unspecified atom stereocenters. The molecule has 7 heteroatoms. The predicted molar refractivity (Wildman–Crippen MR) is 85.7 cm³/mol. The number of benzene rings is 2. The molecule has 22 heavy (non-hydrogen) atoms. The van der Waals surface area contributed by atoms with E-state index in [4.69, 9.17) is 5.11 Å². The van der Waals surface area contributed by atoms with Gasteiger partial charge < -0.3 is 10.0 Å². The maximum Gasteiger partial charge on any atom is 0.321 e. The zero-order valence-electron chi connectivity index (χ0n) is 12.6. The first-order valence-corrected chi connectivity index (χ1v) is 8.16. The smallest absolute Gasteiger partial charge is 0.321 e. The van der Waals surface area contributed by atoms with Crippen molar-refractivity contribution in [2.24, 2.45) is 0 Å². The molecular formula is C15H18N2O4S. The van der Waals surface area contributed by atoms with E-state index in [0.717, 1.165) is 11.1 Å². The SMILES string of the molecule is CC(NS(=O)(=O)c1cccc2c(N(C)C)cccc12)C(=O)O. The molecule has 0 amide bonds. The average molecular weight is 322 g/mol. The third-order valence-corrected chi connectivity index (χ3v) is 4.93. The van der Waals surface area contributed by atoms with Crippen LogP contribution in [0.3, 0.4) is 0 Å². The van der Waals surface area contributed by atoms with Crippen LogP contribution >= 0.6 is 0 Å². The summed E-state index contributed by atoms with van der Waals surface area (Å²) in [4.78, 5) is 12.8. The number of rotatable bonds is 5. The van der Waals surface area contributed by atoms with Crippen molar-refractivity contribution in [3.63, 3.8) is 0 Å². The van der Waals surface area contributed by atoms with Gasteiger partial charge in [0.1, 0.15) is 6.04 Å². The van der Waals surface area contributed by atoms with E-state index < -0.39 is 22.0 Å². The molecule has 118 valence electrons. The van der Waals surface area contributed by atoms with Gasteiger partial charge in [-0.3, -0.25) is 4.79 Å². The number of fused-ring (bicyclic) bond motifs is 1. The highest BCUT2D eigenvalue weighted by molar-refractivity contribution is 7.89. The monoisotopic (exact) mass is 322 g/mol. The summed E-state index contributed by atoms with van der Waals surface area (Å²) in [7, 11) is -0.172. The minimum absolute atomic E-state index is 0.0711. The Morgan fingerprint density at radius 1 is 1.14 bits per heavy atom. The Morgan fingerprint density at radius 3 is 2.32 bits per heavy atom. The number of aliphatic carboxylic acids is 1. The van der Waals surface area contributed by atoms with E-state index in [1.54, 1.807) is 18.2 Å². The van der Waals surface area contributed by atoms with Gasteiger partial charge in [0.25, 0.3) is 0 Å². The second-order valence-electron chi connectivity index (χ2n) is 5.20. The first-order valence-electron chi connectivity index (χ1n) is 6.68. The van der Waals surface area contributed by atoms with Crippen molar-refractivity contribution in [1.82, 2.24) is 4.72 Å². The van der Waals surface area contributed by atoms with Gasteiger partial charge in [0.05, 0.1) is 4.90 Å². The zero-order valence-corrected chi connectivity index (χ0v) is 13.4. The van der Waals surface area contributed by atoms with Gasteiger partial charge in [-0.25, -0.2) is 8.42 Å². The quantitative estimate of drug-likeness (QED) is 0.874. The van der Waals surface area contributed by atoms with Crippen LogP contribution in [-0.2, 0) is 14.8 Å². The third kappa shape index (κ3) is 3.05. The minimum Gasteiger partial charge on any atom is -0.480 e. The number of hydrogen-bond donors (Lipinski definition) is 2. The summed E-state index contributed by atoms with van der Waals surface area (Å²) < 4.78 is 27.1. The van der Waals surface area contributed by atoms with Crippen molar-refractivity contribution in [1.29, 1.82) is 0 Å². The van der Waals surface area contributed by atoms with E-state index in [9.17, 15) is 13.2 Å². The molecule has 2 aromatic carbocycles. The number of nitrogens with one attached hydrogen (secondary N) is 1. The maximum atomic E-state index is 12.5. The Labute approximate surface area is 129 Å². The summed E-state index contributed by atoms with van der Waals surface area (Å²) in [5, 5.41) is 10.2. The van der Waals surface area contributed by atoms with Gasteiger partial charge in [-0.1, -0.05) is 24.3 Å². The highest BCUT2D eigenvalue weighted by Crippen LogP contribution is 2.30. The van der Waals surface area contributed by atoms with E-state index >= 15 is 0 Å². The Kier molecular flexibility index (Phi) is 4.39. The molecule has 2 N–H and O–H groups in total. The highest BCUT2D eigenvalue weighted by atomic mass is 32.2. The van der Waals surface area contributed by atoms with Crippen LogP contribution in [0.1, 0.15) is 6.92 Å². The minimum atomic E-state index is -3.92. The van der Waals surface area contributed by atoms with Crippen molar-refractivity contribution in [3.8, 4) is 0 Å². The van der Waals surface area contributed by atoms with Crippen LogP contribution in [0.5, 0.6) is 0 Å². The molecule has 1 atom stereocenters. The zero-order chi connectivity index (χ0) is 16.5. The van der Waals surface area contributed by atoms with Crippen LogP contribution < -0.4 is 9.62 Å². The fourth-order valence-corrected chi connectivity index (χ4v) is 3.65. The molecule has 0 heterocycles. The fraction of sp³-hybridized carbons (Fsp3) is 0.267. The van der Waals surface area contributed by atoms with Crippen molar-refractivity contribution >= 4 is 32.5 Å². The Bertz CT molecular complexity index is 815. The fourth-order valence-electron chi connectivity index (χ4n) is 2.24. The first kappa shape index (κ1) is 16.3. The van der Waals surface area contributed by atoms with Crippen LogP contribution in [0, 0.1) is 0 Å². The molecule has 0 bridgehead atoms. The molecule has 6 nitrogen and oxygen atoms in total. The molecule has 0 aromatic heterocycles. The first-order chi connectivity index (χ1) is 10.2. The summed E-state index contributed by atoms with van der Waals surface area (Å²) in [6.07, 6.45) is 0. The molecular weight excluding hydrogens is 304 g/mol. The van der Waals surface area contributed by atoms with Crippen LogP contribution in [0.4, 0.5) is 5.69 Å². The lowest BCUT2D eigenvalue weighted by molar-refractivity contribution is -0.138. The number of nitrogens with zero attached hydrogens (tertiary/aromatic N) is 1. The standard InChI is InChI=1S/C15H18N2O4S/c1-10(15(18)19)16-22(20,21)14-9-5-6-11-12(14)7-4-8-13(11)17(2)3/h4-10,16H,1-3H3,(H,18,19). The Balaban J connectivity index is 2.62. The van der Waals surface area contributed by atoms with Gasteiger partial charge in [0.15, 0.2) is 0 Å². The Morgan fingerprint density at radius 2 is 1.73 bits per heavy atom. The topological polar surface area (TPSA) is 86.7 Å². The highest BCUT2D eigenvalue weighted by Gasteiger charge is 2.23. The lowest BCUT2D eigenvalue weighted by atomic mass is 10.1. The molecule has 0 aliphatic carbocycles. The van der Waals surface area contributed by atoms with Gasteiger partial charge in [-0.2, -0.15) is 4.72 Å². The summed E-state index contributed by atoms with van der Waals surface area (Å²) in [5.41, 5.74) is 0.890. The number of anilines is 1. The van der Waals surface area contributed by atoms with Gasteiger partial charge in [-0.15, -0.1) is 0 Å². The lowest BCUT2D eigenvalue weighted by Crippen LogP contribution is -2.38. The molecule has 0 saturated carbocycles. The normalized spacial score (nSPS) is 13.0. The Hall–Kier alpha value is -2.12. The van der Waals surface area contributed by atoms with Crippen LogP contribution in [0.15, 0.2) is 41.3 Å². The summed E-state index contributed by atoms with van der Waals surface area (Å²) >= 11 is 0. The van der Waals surface area contributed by atoms with E-state index in [-0.39, 0.29) is 4.90 Å². The number of carboxylic acids is 1. The van der Waals surface area contributed by atoms with Crippen LogP contribution in [0.25, 0.3) is 10.8 Å². The van der Waals surface area contributed by atoms with Gasteiger partial charge in [0, 0.05) is 30.6 Å². The van der Waals surface area contributed by atoms with Gasteiger partial charge in [-0.05, 0) is 19.1 Å². The summed E-state index contributed by atoms with van der Waals surface area (Å²) in [6.45, 7) is 1.29. The molecule has 0 aliphatic rings. The van der Waals surface area contributed by atoms with Crippen LogP contribution in [0.2, 0.25) is 0 Å². The summed E-state index contributed by atoms with van der Waals surface area (Å²) in [6, 6.07) is 9.14. The second-order valence-corrected chi connectivity index (χ2v) is 6.89. The molecule has 0 spiro atoms. The van der Waals surface area contributed by atoms with Crippen molar-refractivity contribution < 1.29 is 18.3 Å².